The van der Waals surface area contributed by atoms with Crippen molar-refractivity contribution in [2.24, 2.45) is 5.73 Å². The second-order valence-electron chi connectivity index (χ2n) is 4.99. The zero-order chi connectivity index (χ0) is 14.1. The molecule has 0 radical (unpaired) electrons. The summed E-state index contributed by atoms with van der Waals surface area (Å²) in [5.41, 5.74) is 7.54. The lowest BCUT2D eigenvalue weighted by molar-refractivity contribution is -0.383. The van der Waals surface area contributed by atoms with E-state index in [1.807, 2.05) is 0 Å². The summed E-state index contributed by atoms with van der Waals surface area (Å²) < 4.78 is 0. The van der Waals surface area contributed by atoms with Crippen LogP contribution in [0.3, 0.4) is 0 Å². The quantitative estimate of drug-likeness (QED) is 0.683. The molecule has 0 bridgehead atoms. The van der Waals surface area contributed by atoms with Gasteiger partial charge in [-0.25, -0.2) is 0 Å². The average Bonchev–Trinajstić information content (AvgIpc) is 2.94. The van der Waals surface area contributed by atoms with Gasteiger partial charge in [-0.05, 0) is 31.0 Å². The van der Waals surface area contributed by atoms with Gasteiger partial charge in [-0.15, -0.1) is 0 Å². The smallest absolute Gasteiger partial charge is 0.278 e. The molecular weight excluding hydrogens is 256 g/mol. The Morgan fingerprint density at radius 1 is 1.45 bits per heavy atom. The lowest BCUT2D eigenvalue weighted by Gasteiger charge is -2.26. The third kappa shape index (κ3) is 1.98. The van der Waals surface area contributed by atoms with Crippen molar-refractivity contribution >= 4 is 22.3 Å². The van der Waals surface area contributed by atoms with Gasteiger partial charge in [0.1, 0.15) is 5.52 Å². The molecule has 6 nitrogen and oxygen atoms in total. The largest absolute Gasteiger partial charge is 0.366 e. The number of benzene rings is 1. The summed E-state index contributed by atoms with van der Waals surface area (Å²) in [6, 6.07) is 7.12. The van der Waals surface area contributed by atoms with E-state index in [2.05, 4.69) is 9.88 Å². The number of non-ortho nitro benzene ring substituents is 1. The van der Waals surface area contributed by atoms with Gasteiger partial charge >= 0.3 is 0 Å². The van der Waals surface area contributed by atoms with Gasteiger partial charge in [-0.1, -0.05) is 0 Å². The Morgan fingerprint density at radius 2 is 2.30 bits per heavy atom. The van der Waals surface area contributed by atoms with E-state index >= 15 is 0 Å². The van der Waals surface area contributed by atoms with Crippen molar-refractivity contribution in [3.8, 4) is 0 Å². The highest BCUT2D eigenvalue weighted by molar-refractivity contribution is 5.97. The molecule has 2 heterocycles. The number of nitro groups is 1. The fourth-order valence-electron chi connectivity index (χ4n) is 2.93. The number of nitrogens with zero attached hydrogens (tertiary/aromatic N) is 3. The summed E-state index contributed by atoms with van der Waals surface area (Å²) >= 11 is 0. The van der Waals surface area contributed by atoms with Crippen molar-refractivity contribution in [1.29, 1.82) is 0 Å². The highest BCUT2D eigenvalue weighted by Gasteiger charge is 2.26. The number of hydrogen-bond acceptors (Lipinski definition) is 5. The summed E-state index contributed by atoms with van der Waals surface area (Å²) in [5, 5.41) is 11.7. The minimum atomic E-state index is -0.363. The molecule has 3 rings (SSSR count). The molecule has 1 aliphatic rings. The summed E-state index contributed by atoms with van der Waals surface area (Å²) in [4.78, 5) is 17.3. The Hall–Kier alpha value is -2.21. The molecule has 1 aromatic heterocycles. The molecule has 1 aromatic carbocycles. The van der Waals surface area contributed by atoms with Gasteiger partial charge in [0.25, 0.3) is 5.69 Å². The molecule has 1 aliphatic heterocycles. The number of nitro benzene ring substituents is 1. The Bertz CT molecular complexity index is 659. The molecule has 1 unspecified atom stereocenters. The minimum absolute atomic E-state index is 0.0975. The van der Waals surface area contributed by atoms with Crippen LogP contribution in [-0.4, -0.2) is 29.0 Å². The molecule has 6 heteroatoms. The second kappa shape index (κ2) is 5.05. The van der Waals surface area contributed by atoms with Gasteiger partial charge in [0.2, 0.25) is 0 Å². The zero-order valence-electron chi connectivity index (χ0n) is 11.0. The van der Waals surface area contributed by atoms with Gasteiger partial charge < -0.3 is 10.6 Å². The fourth-order valence-corrected chi connectivity index (χ4v) is 2.93. The standard InChI is InChI=1S/C14H16N4O2/c15-9-10-3-2-8-17(10)13-6-5-12(18(19)20)11-4-1-7-16-14(11)13/h1,4-7,10H,2-3,8-9,15H2. The van der Waals surface area contributed by atoms with Crippen LogP contribution >= 0.6 is 0 Å². The molecule has 1 saturated heterocycles. The molecule has 2 aromatic rings. The minimum Gasteiger partial charge on any atom is -0.366 e. The Labute approximate surface area is 116 Å². The Balaban J connectivity index is 2.18. The van der Waals surface area contributed by atoms with Crippen molar-refractivity contribution in [3.05, 3.63) is 40.6 Å². The number of pyridine rings is 1. The number of anilines is 1. The molecule has 0 amide bonds. The molecule has 2 N–H and O–H groups in total. The highest BCUT2D eigenvalue weighted by atomic mass is 16.6. The molecule has 0 aliphatic carbocycles. The topological polar surface area (TPSA) is 85.3 Å². The molecule has 1 fully saturated rings. The average molecular weight is 272 g/mol. The SMILES string of the molecule is NCC1CCCN1c1ccc([N+](=O)[O-])c2cccnc12. The fraction of sp³-hybridized carbons (Fsp3) is 0.357. The van der Waals surface area contributed by atoms with Crippen LogP contribution in [0.4, 0.5) is 11.4 Å². The van der Waals surface area contributed by atoms with Crippen LogP contribution in [0.5, 0.6) is 0 Å². The van der Waals surface area contributed by atoms with Gasteiger partial charge in [-0.3, -0.25) is 15.1 Å². The number of rotatable bonds is 3. The number of nitrogens with two attached hydrogens (primary N) is 1. The predicted octanol–water partition coefficient (Wildman–Crippen LogP) is 2.07. The van der Waals surface area contributed by atoms with Crippen LogP contribution < -0.4 is 10.6 Å². The first-order chi connectivity index (χ1) is 9.72. The van der Waals surface area contributed by atoms with Crippen molar-refractivity contribution in [2.45, 2.75) is 18.9 Å². The van der Waals surface area contributed by atoms with Crippen molar-refractivity contribution < 1.29 is 4.92 Å². The summed E-state index contributed by atoms with van der Waals surface area (Å²) in [5.74, 6) is 0. The summed E-state index contributed by atoms with van der Waals surface area (Å²) in [7, 11) is 0. The van der Waals surface area contributed by atoms with Gasteiger partial charge in [0, 0.05) is 31.4 Å². The molecule has 1 atom stereocenters. The van der Waals surface area contributed by atoms with E-state index in [4.69, 9.17) is 5.73 Å². The summed E-state index contributed by atoms with van der Waals surface area (Å²) in [6.45, 7) is 1.51. The van der Waals surface area contributed by atoms with Gasteiger partial charge in [-0.2, -0.15) is 0 Å². The number of aromatic nitrogens is 1. The van der Waals surface area contributed by atoms with Gasteiger partial charge in [0.05, 0.1) is 16.0 Å². The van der Waals surface area contributed by atoms with Crippen LogP contribution in [0, 0.1) is 10.1 Å². The Morgan fingerprint density at radius 3 is 3.05 bits per heavy atom. The first-order valence-corrected chi connectivity index (χ1v) is 6.71. The lowest BCUT2D eigenvalue weighted by atomic mass is 10.1. The van der Waals surface area contributed by atoms with E-state index in [9.17, 15) is 10.1 Å². The molecule has 20 heavy (non-hydrogen) atoms. The number of hydrogen-bond donors (Lipinski definition) is 1. The first-order valence-electron chi connectivity index (χ1n) is 6.71. The zero-order valence-corrected chi connectivity index (χ0v) is 11.0. The normalized spacial score (nSPS) is 18.6. The van der Waals surface area contributed by atoms with Crippen LogP contribution in [0.1, 0.15) is 12.8 Å². The summed E-state index contributed by atoms with van der Waals surface area (Å²) in [6.07, 6.45) is 3.82. The third-order valence-corrected chi connectivity index (χ3v) is 3.88. The Kier molecular flexibility index (Phi) is 3.23. The van der Waals surface area contributed by atoms with Crippen LogP contribution in [0.25, 0.3) is 10.9 Å². The monoisotopic (exact) mass is 272 g/mol. The maximum atomic E-state index is 11.1. The van der Waals surface area contributed by atoms with Crippen molar-refractivity contribution in [1.82, 2.24) is 4.98 Å². The predicted molar refractivity (Wildman–Crippen MR) is 77.8 cm³/mol. The van der Waals surface area contributed by atoms with E-state index in [0.29, 0.717) is 23.5 Å². The van der Waals surface area contributed by atoms with Gasteiger partial charge in [0.15, 0.2) is 0 Å². The van der Waals surface area contributed by atoms with Crippen LogP contribution in [0.15, 0.2) is 30.5 Å². The van der Waals surface area contributed by atoms with E-state index in [0.717, 1.165) is 25.1 Å². The van der Waals surface area contributed by atoms with Crippen molar-refractivity contribution in [3.63, 3.8) is 0 Å². The van der Waals surface area contributed by atoms with E-state index < -0.39 is 0 Å². The maximum absolute atomic E-state index is 11.1. The van der Waals surface area contributed by atoms with E-state index in [1.165, 1.54) is 0 Å². The van der Waals surface area contributed by atoms with Crippen molar-refractivity contribution in [2.75, 3.05) is 18.0 Å². The van der Waals surface area contributed by atoms with Crippen LogP contribution in [-0.2, 0) is 0 Å². The molecule has 0 saturated carbocycles. The number of fused-ring (bicyclic) bond motifs is 1. The van der Waals surface area contributed by atoms with E-state index in [-0.39, 0.29) is 10.6 Å². The molecule has 0 spiro atoms. The van der Waals surface area contributed by atoms with Crippen LogP contribution in [0.2, 0.25) is 0 Å². The maximum Gasteiger partial charge on any atom is 0.278 e. The molecular formula is C14H16N4O2. The first kappa shape index (κ1) is 12.8. The second-order valence-corrected chi connectivity index (χ2v) is 4.99. The highest BCUT2D eigenvalue weighted by Crippen LogP contribution is 2.35. The molecule has 104 valence electrons. The lowest BCUT2D eigenvalue weighted by Crippen LogP contribution is -2.35. The third-order valence-electron chi connectivity index (χ3n) is 3.88. The van der Waals surface area contributed by atoms with E-state index in [1.54, 1.807) is 30.5 Å².